The van der Waals surface area contributed by atoms with Gasteiger partial charge in [-0.3, -0.25) is 14.4 Å². The minimum atomic E-state index is -0.187. The van der Waals surface area contributed by atoms with Gasteiger partial charge in [0, 0.05) is 31.6 Å². The summed E-state index contributed by atoms with van der Waals surface area (Å²) < 4.78 is 10.8. The number of esters is 1. The van der Waals surface area contributed by atoms with Crippen LogP contribution in [0.25, 0.3) is 0 Å². The maximum absolute atomic E-state index is 12.5. The Morgan fingerprint density at radius 2 is 1.93 bits per heavy atom. The van der Waals surface area contributed by atoms with Gasteiger partial charge in [0.05, 0.1) is 25.7 Å². The van der Waals surface area contributed by atoms with Crippen molar-refractivity contribution in [3.05, 3.63) is 28.8 Å². The summed E-state index contributed by atoms with van der Waals surface area (Å²) in [5, 5.41) is 0.659. The molecule has 1 aliphatic heterocycles. The smallest absolute Gasteiger partial charge is 0.309 e. The molecule has 1 aromatic carbocycles. The van der Waals surface area contributed by atoms with Gasteiger partial charge in [-0.1, -0.05) is 11.6 Å². The Bertz CT molecular complexity index is 747. The van der Waals surface area contributed by atoms with E-state index in [0.717, 1.165) is 11.3 Å². The van der Waals surface area contributed by atoms with Crippen molar-refractivity contribution in [3.8, 4) is 5.75 Å². The number of halogens is 1. The van der Waals surface area contributed by atoms with Gasteiger partial charge in [-0.2, -0.15) is 0 Å². The van der Waals surface area contributed by atoms with Crippen molar-refractivity contribution < 1.29 is 23.9 Å². The molecule has 8 heteroatoms. The lowest BCUT2D eigenvalue weighted by atomic mass is 9.97. The number of nitrogens with zero attached hydrogens (tertiary/aromatic N) is 2. The maximum Gasteiger partial charge on any atom is 0.309 e. The van der Waals surface area contributed by atoms with Gasteiger partial charge in [0.25, 0.3) is 0 Å². The second kappa shape index (κ2) is 11.8. The Kier molecular flexibility index (Phi) is 9.43. The summed E-state index contributed by atoms with van der Waals surface area (Å²) in [6.07, 6.45) is 2.07. The molecule has 2 rings (SSSR count). The number of hydrogen-bond acceptors (Lipinski definition) is 5. The number of ether oxygens (including phenoxy) is 2. The molecule has 2 amide bonds. The third kappa shape index (κ3) is 7.20. The van der Waals surface area contributed by atoms with E-state index in [1.165, 1.54) is 4.90 Å². The molecule has 0 saturated carbocycles. The van der Waals surface area contributed by atoms with Gasteiger partial charge >= 0.3 is 5.97 Å². The minimum Gasteiger partial charge on any atom is -0.493 e. The van der Waals surface area contributed by atoms with Gasteiger partial charge in [0.1, 0.15) is 5.75 Å². The molecule has 0 aliphatic carbocycles. The summed E-state index contributed by atoms with van der Waals surface area (Å²) in [4.78, 5) is 39.8. The SMILES string of the molecule is CCOC(=O)C1CCN(C(=O)CN(C)C(=O)CCCOc2ccc(Cl)cc2C)CC1. The van der Waals surface area contributed by atoms with E-state index >= 15 is 0 Å². The fourth-order valence-corrected chi connectivity index (χ4v) is 3.61. The molecule has 166 valence electrons. The van der Waals surface area contributed by atoms with E-state index in [1.54, 1.807) is 24.9 Å². The molecule has 0 N–H and O–H groups in total. The molecule has 1 aliphatic rings. The highest BCUT2D eigenvalue weighted by Crippen LogP contribution is 2.22. The van der Waals surface area contributed by atoms with E-state index in [-0.39, 0.29) is 30.2 Å². The summed E-state index contributed by atoms with van der Waals surface area (Å²) in [6.45, 7) is 5.56. The normalized spacial score (nSPS) is 14.3. The van der Waals surface area contributed by atoms with Crippen molar-refractivity contribution in [2.45, 2.75) is 39.5 Å². The third-order valence-corrected chi connectivity index (χ3v) is 5.43. The largest absolute Gasteiger partial charge is 0.493 e. The van der Waals surface area contributed by atoms with Crippen molar-refractivity contribution in [2.75, 3.05) is 39.9 Å². The molecule has 1 heterocycles. The van der Waals surface area contributed by atoms with Crippen LogP contribution in [0, 0.1) is 12.8 Å². The zero-order valence-corrected chi connectivity index (χ0v) is 18.7. The second-order valence-corrected chi connectivity index (χ2v) is 7.96. The molecule has 7 nitrogen and oxygen atoms in total. The lowest BCUT2D eigenvalue weighted by Crippen LogP contribution is -2.45. The average molecular weight is 439 g/mol. The molecule has 0 bridgehead atoms. The average Bonchev–Trinajstić information content (AvgIpc) is 2.72. The number of likely N-dealkylation sites (tertiary alicyclic amines) is 1. The number of piperidine rings is 1. The van der Waals surface area contributed by atoms with Crippen LogP contribution < -0.4 is 4.74 Å². The van der Waals surface area contributed by atoms with Crippen molar-refractivity contribution in [1.29, 1.82) is 0 Å². The topological polar surface area (TPSA) is 76.2 Å². The molecule has 1 fully saturated rings. The van der Waals surface area contributed by atoms with E-state index < -0.39 is 0 Å². The van der Waals surface area contributed by atoms with Gasteiger partial charge in [0.2, 0.25) is 11.8 Å². The minimum absolute atomic E-state index is 0.0417. The van der Waals surface area contributed by atoms with Gasteiger partial charge in [0.15, 0.2) is 0 Å². The number of carbonyl (C=O) groups excluding carboxylic acids is 3. The molecule has 0 radical (unpaired) electrons. The zero-order chi connectivity index (χ0) is 22.1. The number of likely N-dealkylation sites (N-methyl/N-ethyl adjacent to an activating group) is 1. The first kappa shape index (κ1) is 24.0. The Balaban J connectivity index is 1.67. The number of benzene rings is 1. The van der Waals surface area contributed by atoms with Crippen LogP contribution in [-0.2, 0) is 19.1 Å². The number of amides is 2. The zero-order valence-electron chi connectivity index (χ0n) is 18.0. The van der Waals surface area contributed by atoms with Crippen LogP contribution in [0.2, 0.25) is 5.02 Å². The molecule has 0 aromatic heterocycles. The second-order valence-electron chi connectivity index (χ2n) is 7.52. The van der Waals surface area contributed by atoms with Gasteiger partial charge in [-0.15, -0.1) is 0 Å². The van der Waals surface area contributed by atoms with E-state index in [2.05, 4.69) is 0 Å². The maximum atomic E-state index is 12.5. The number of carbonyl (C=O) groups is 3. The monoisotopic (exact) mass is 438 g/mol. The molecule has 30 heavy (non-hydrogen) atoms. The quantitative estimate of drug-likeness (QED) is 0.437. The summed E-state index contributed by atoms with van der Waals surface area (Å²) in [5.74, 6) is 0.231. The summed E-state index contributed by atoms with van der Waals surface area (Å²) in [5.41, 5.74) is 0.947. The molecule has 1 saturated heterocycles. The van der Waals surface area contributed by atoms with E-state index in [0.29, 0.717) is 57.0 Å². The van der Waals surface area contributed by atoms with Crippen LogP contribution in [0.4, 0.5) is 0 Å². The first-order chi connectivity index (χ1) is 14.3. The number of rotatable bonds is 9. The van der Waals surface area contributed by atoms with Crippen molar-refractivity contribution in [2.24, 2.45) is 5.92 Å². The van der Waals surface area contributed by atoms with Gasteiger partial charge in [-0.05, 0) is 56.9 Å². The fraction of sp³-hybridized carbons (Fsp3) is 0.591. The van der Waals surface area contributed by atoms with Crippen molar-refractivity contribution >= 4 is 29.4 Å². The molecule has 0 unspecified atom stereocenters. The lowest BCUT2D eigenvalue weighted by molar-refractivity contribution is -0.151. The van der Waals surface area contributed by atoms with Gasteiger partial charge in [-0.25, -0.2) is 0 Å². The molecule has 0 atom stereocenters. The van der Waals surface area contributed by atoms with Crippen molar-refractivity contribution in [3.63, 3.8) is 0 Å². The van der Waals surface area contributed by atoms with E-state index in [4.69, 9.17) is 21.1 Å². The Labute approximate surface area is 183 Å². The van der Waals surface area contributed by atoms with Crippen molar-refractivity contribution in [1.82, 2.24) is 9.80 Å². The van der Waals surface area contributed by atoms with E-state index in [1.807, 2.05) is 19.1 Å². The Morgan fingerprint density at radius 3 is 2.57 bits per heavy atom. The highest BCUT2D eigenvalue weighted by molar-refractivity contribution is 6.30. The van der Waals surface area contributed by atoms with Crippen LogP contribution in [0.1, 0.15) is 38.2 Å². The predicted molar refractivity (Wildman–Crippen MR) is 114 cm³/mol. The van der Waals surface area contributed by atoms with Crippen LogP contribution >= 0.6 is 11.6 Å². The third-order valence-electron chi connectivity index (χ3n) is 5.20. The van der Waals surface area contributed by atoms with Crippen LogP contribution in [0.15, 0.2) is 18.2 Å². The molecular formula is C22H31ClN2O5. The lowest BCUT2D eigenvalue weighted by Gasteiger charge is -2.32. The molecule has 0 spiro atoms. The molecular weight excluding hydrogens is 408 g/mol. The number of aryl methyl sites for hydroxylation is 1. The van der Waals surface area contributed by atoms with Crippen LogP contribution in [0.5, 0.6) is 5.75 Å². The summed E-state index contributed by atoms with van der Waals surface area (Å²) in [7, 11) is 1.63. The summed E-state index contributed by atoms with van der Waals surface area (Å²) >= 11 is 5.93. The Hall–Kier alpha value is -2.28. The predicted octanol–water partition coefficient (Wildman–Crippen LogP) is 3.07. The highest BCUT2D eigenvalue weighted by atomic mass is 35.5. The van der Waals surface area contributed by atoms with Crippen LogP contribution in [0.3, 0.4) is 0 Å². The highest BCUT2D eigenvalue weighted by Gasteiger charge is 2.28. The van der Waals surface area contributed by atoms with Crippen LogP contribution in [-0.4, -0.2) is 67.5 Å². The fourth-order valence-electron chi connectivity index (χ4n) is 3.39. The van der Waals surface area contributed by atoms with Gasteiger partial charge < -0.3 is 19.3 Å². The Morgan fingerprint density at radius 1 is 1.23 bits per heavy atom. The summed E-state index contributed by atoms with van der Waals surface area (Å²) in [6, 6.07) is 5.41. The van der Waals surface area contributed by atoms with E-state index in [9.17, 15) is 14.4 Å². The first-order valence-corrected chi connectivity index (χ1v) is 10.8. The standard InChI is InChI=1S/C22H31ClN2O5/c1-4-29-22(28)17-9-11-25(12-10-17)21(27)15-24(3)20(26)6-5-13-30-19-8-7-18(23)14-16(19)2/h7-8,14,17H,4-6,9-13,15H2,1-3H3. The number of hydrogen-bond donors (Lipinski definition) is 0. The first-order valence-electron chi connectivity index (χ1n) is 10.4. The molecule has 1 aromatic rings.